The first-order valence-electron chi connectivity index (χ1n) is 20.4. The Bertz CT molecular complexity index is 1770. The molecule has 3 aromatic rings. The molecular formula is C47H63N2O9P. The van der Waals surface area contributed by atoms with Crippen LogP contribution in [0.1, 0.15) is 87.5 Å². The summed E-state index contributed by atoms with van der Waals surface area (Å²) in [5.41, 5.74) is -0.998. The lowest BCUT2D eigenvalue weighted by molar-refractivity contribution is -0.141. The quantitative estimate of drug-likeness (QED) is 0.0661. The van der Waals surface area contributed by atoms with Gasteiger partial charge >= 0.3 is 24.1 Å². The SMILES string of the molecule is CC(C)(C)OC(=O)N1CCC[C@@H]1C=O.CCOC(=O)/C=C/[C@H]1CCCN1C(=O)OC(C)(C)C.CCOC(=O)CC=P(c1ccccc1)(c1ccccc1)c1ccccc1. The van der Waals surface area contributed by atoms with Gasteiger partial charge in [0, 0.05) is 19.2 Å². The fourth-order valence-corrected chi connectivity index (χ4v) is 10.5. The molecule has 0 aromatic heterocycles. The standard InChI is InChI=1S/C23H23O2P.C14H23NO4.C10H17NO3/c1-2-25-23(24)18-19-26(20-12-6-3-7-13-20,21-14-8-4-9-15-21)22-16-10-5-11-17-22;1-5-18-12(16)9-8-11-7-6-10-15(11)13(17)19-14(2,3)4;1-10(2,3)14-9(13)11-6-4-5-8(11)7-12/h3-17,19H,2,18H2,1H3;8-9,11H,5-7,10H2,1-4H3;7-8H,4-6H2,1-3H3/b;9-8+;/t;11-;8-/m.11/s1. The molecule has 2 fully saturated rings. The molecule has 0 bridgehead atoms. The summed E-state index contributed by atoms with van der Waals surface area (Å²) in [5.74, 6) is 1.63. The number of carbonyl (C=O) groups excluding carboxylic acids is 5. The van der Waals surface area contributed by atoms with Crippen LogP contribution in [0.25, 0.3) is 0 Å². The van der Waals surface area contributed by atoms with Gasteiger partial charge in [-0.2, -0.15) is 0 Å². The highest BCUT2D eigenvalue weighted by atomic mass is 31.2. The molecule has 2 amide bonds. The number of aldehydes is 1. The highest BCUT2D eigenvalue weighted by Gasteiger charge is 2.32. The minimum atomic E-state index is -2.06. The Morgan fingerprint density at radius 1 is 0.644 bits per heavy atom. The van der Waals surface area contributed by atoms with Gasteiger partial charge in [0.2, 0.25) is 0 Å². The average Bonchev–Trinajstić information content (AvgIpc) is 3.89. The Labute approximate surface area is 351 Å². The maximum atomic E-state index is 12.1. The van der Waals surface area contributed by atoms with Gasteiger partial charge in [0.05, 0.1) is 31.7 Å². The van der Waals surface area contributed by atoms with E-state index in [4.69, 9.17) is 18.9 Å². The van der Waals surface area contributed by atoms with Gasteiger partial charge in [-0.15, -0.1) is 0 Å². The van der Waals surface area contributed by atoms with E-state index < -0.39 is 18.1 Å². The number of hydrogen-bond donors (Lipinski definition) is 0. The summed E-state index contributed by atoms with van der Waals surface area (Å²) in [6.07, 6.45) is 6.89. The van der Waals surface area contributed by atoms with E-state index in [9.17, 15) is 24.0 Å². The topological polar surface area (TPSA) is 129 Å². The van der Waals surface area contributed by atoms with Crippen molar-refractivity contribution in [2.75, 3.05) is 26.3 Å². The predicted octanol–water partition coefficient (Wildman–Crippen LogP) is 7.83. The molecule has 0 aliphatic carbocycles. The van der Waals surface area contributed by atoms with E-state index in [1.54, 1.807) is 17.9 Å². The fourth-order valence-electron chi connectivity index (χ4n) is 6.59. The Hall–Kier alpha value is -5.15. The zero-order valence-electron chi connectivity index (χ0n) is 36.0. The summed E-state index contributed by atoms with van der Waals surface area (Å²) in [6.45, 7) is 14.5. The third kappa shape index (κ3) is 15.5. The van der Waals surface area contributed by atoms with Crippen LogP contribution in [0.5, 0.6) is 0 Å². The van der Waals surface area contributed by atoms with Crippen molar-refractivity contribution in [3.05, 3.63) is 103 Å². The summed E-state index contributed by atoms with van der Waals surface area (Å²) in [5, 5.41) is 3.71. The zero-order valence-corrected chi connectivity index (χ0v) is 36.9. The van der Waals surface area contributed by atoms with Crippen molar-refractivity contribution in [1.29, 1.82) is 0 Å². The third-order valence-corrected chi connectivity index (χ3v) is 13.1. The van der Waals surface area contributed by atoms with Gasteiger partial charge in [-0.05, 0) is 104 Å². The number of carbonyl (C=O) groups is 5. The molecule has 11 nitrogen and oxygen atoms in total. The molecule has 0 saturated carbocycles. The van der Waals surface area contributed by atoms with Crippen LogP contribution in [0.15, 0.2) is 103 Å². The lowest BCUT2D eigenvalue weighted by atomic mass is 10.2. The van der Waals surface area contributed by atoms with Crippen molar-refractivity contribution in [2.24, 2.45) is 0 Å². The van der Waals surface area contributed by atoms with Gasteiger partial charge in [-0.25, -0.2) is 14.4 Å². The molecule has 2 saturated heterocycles. The number of rotatable bonds is 10. The third-order valence-electron chi connectivity index (χ3n) is 9.08. The predicted molar refractivity (Wildman–Crippen MR) is 236 cm³/mol. The number of ether oxygens (including phenoxy) is 4. The van der Waals surface area contributed by atoms with Crippen LogP contribution in [-0.2, 0) is 33.3 Å². The van der Waals surface area contributed by atoms with E-state index in [1.807, 2.05) is 66.7 Å². The second-order valence-electron chi connectivity index (χ2n) is 15.9. The van der Waals surface area contributed by atoms with Crippen molar-refractivity contribution in [1.82, 2.24) is 9.80 Å². The lowest BCUT2D eigenvalue weighted by Gasteiger charge is -2.28. The van der Waals surface area contributed by atoms with E-state index in [2.05, 4.69) is 78.6 Å². The second kappa shape index (κ2) is 23.4. The maximum Gasteiger partial charge on any atom is 0.410 e. The average molecular weight is 831 g/mol. The maximum absolute atomic E-state index is 12.1. The molecule has 0 spiro atoms. The van der Waals surface area contributed by atoms with Crippen LogP contribution in [0.3, 0.4) is 0 Å². The minimum Gasteiger partial charge on any atom is -0.466 e. The highest BCUT2D eigenvalue weighted by molar-refractivity contribution is 7.94. The molecule has 0 N–H and O–H groups in total. The largest absolute Gasteiger partial charge is 0.466 e. The molecule has 2 heterocycles. The smallest absolute Gasteiger partial charge is 0.410 e. The molecule has 320 valence electrons. The molecule has 2 aliphatic heterocycles. The van der Waals surface area contributed by atoms with Gasteiger partial charge in [-0.3, -0.25) is 9.69 Å². The first kappa shape index (κ1) is 48.2. The van der Waals surface area contributed by atoms with E-state index in [1.165, 1.54) is 26.9 Å². The molecule has 2 atom stereocenters. The van der Waals surface area contributed by atoms with Crippen LogP contribution in [0, 0.1) is 0 Å². The van der Waals surface area contributed by atoms with Gasteiger partial charge in [0.25, 0.3) is 0 Å². The molecule has 3 aromatic carbocycles. The summed E-state index contributed by atoms with van der Waals surface area (Å²) in [6, 6.07) is 31.1. The Kier molecular flexibility index (Phi) is 19.2. The van der Waals surface area contributed by atoms with Gasteiger partial charge in [0.15, 0.2) is 0 Å². The van der Waals surface area contributed by atoms with Crippen LogP contribution in [-0.4, -0.2) is 95.6 Å². The highest BCUT2D eigenvalue weighted by Crippen LogP contribution is 2.44. The molecule has 0 unspecified atom stereocenters. The molecule has 0 radical (unpaired) electrons. The number of likely N-dealkylation sites (tertiary alicyclic amines) is 2. The van der Waals surface area contributed by atoms with Crippen molar-refractivity contribution < 1.29 is 42.9 Å². The van der Waals surface area contributed by atoms with Crippen molar-refractivity contribution in [2.45, 2.75) is 111 Å². The lowest BCUT2D eigenvalue weighted by Crippen LogP contribution is -2.40. The summed E-state index contributed by atoms with van der Waals surface area (Å²) in [7, 11) is 0. The number of amides is 2. The van der Waals surface area contributed by atoms with Crippen LogP contribution >= 0.6 is 6.89 Å². The van der Waals surface area contributed by atoms with Crippen LogP contribution < -0.4 is 15.9 Å². The van der Waals surface area contributed by atoms with Crippen LogP contribution in [0.2, 0.25) is 0 Å². The summed E-state index contributed by atoms with van der Waals surface area (Å²) in [4.78, 5) is 60.8. The Morgan fingerprint density at radius 2 is 1.05 bits per heavy atom. The van der Waals surface area contributed by atoms with Crippen LogP contribution in [0.4, 0.5) is 9.59 Å². The van der Waals surface area contributed by atoms with Gasteiger partial charge < -0.3 is 28.6 Å². The monoisotopic (exact) mass is 830 g/mol. The normalized spacial score (nSPS) is 16.5. The number of esters is 2. The Balaban J connectivity index is 0.000000249. The first-order valence-corrected chi connectivity index (χ1v) is 22.3. The van der Waals surface area contributed by atoms with Gasteiger partial charge in [-0.1, -0.05) is 103 Å². The zero-order chi connectivity index (χ0) is 43.5. The van der Waals surface area contributed by atoms with Crippen molar-refractivity contribution >= 4 is 59.0 Å². The molecular weight excluding hydrogens is 767 g/mol. The second-order valence-corrected chi connectivity index (χ2v) is 19.3. The molecule has 59 heavy (non-hydrogen) atoms. The van der Waals surface area contributed by atoms with E-state index in [-0.39, 0.29) is 36.2 Å². The first-order chi connectivity index (χ1) is 28.0. The van der Waals surface area contributed by atoms with Crippen molar-refractivity contribution in [3.8, 4) is 0 Å². The number of benzene rings is 3. The van der Waals surface area contributed by atoms with E-state index >= 15 is 0 Å². The van der Waals surface area contributed by atoms with Crippen molar-refractivity contribution in [3.63, 3.8) is 0 Å². The Morgan fingerprint density at radius 3 is 1.44 bits per heavy atom. The molecule has 5 rings (SSSR count). The number of nitrogens with zero attached hydrogens (tertiary/aromatic N) is 2. The minimum absolute atomic E-state index is 0.0840. The van der Waals surface area contributed by atoms with Gasteiger partial charge in [0.1, 0.15) is 17.5 Å². The molecule has 12 heteroatoms. The molecule has 2 aliphatic rings. The summed E-state index contributed by atoms with van der Waals surface area (Å²) < 4.78 is 20.5. The van der Waals surface area contributed by atoms with E-state index in [0.717, 1.165) is 32.0 Å². The summed E-state index contributed by atoms with van der Waals surface area (Å²) >= 11 is 0. The fraction of sp³-hybridized carbons (Fsp3) is 0.447. The van der Waals surface area contributed by atoms with E-state index in [0.29, 0.717) is 32.7 Å². The number of hydrogen-bond acceptors (Lipinski definition) is 9.